The van der Waals surface area contributed by atoms with Crippen LogP contribution >= 0.6 is 45.5 Å². The van der Waals surface area contributed by atoms with E-state index in [0.717, 1.165) is 14.7 Å². The second kappa shape index (κ2) is 14.2. The SMILES string of the molecule is CCN(CC)C(=O)C1=C(C)N=c2s/c(=C/c3cc(I)c(OCc4ccccc4Cl)c(OC)c3)c(=O)n2[C@@H]1c1ccccc1OC. The fraction of sp³-hybridized carbons (Fsp3) is 0.265. The van der Waals surface area contributed by atoms with Gasteiger partial charge in [0.1, 0.15) is 18.4 Å². The smallest absolute Gasteiger partial charge is 0.271 e. The third-order valence-corrected chi connectivity index (χ3v) is 9.77. The van der Waals surface area contributed by atoms with Crippen molar-refractivity contribution in [1.29, 1.82) is 0 Å². The molecule has 4 aromatic rings. The summed E-state index contributed by atoms with van der Waals surface area (Å²) in [6.07, 6.45) is 1.82. The lowest BCUT2D eigenvalue weighted by molar-refractivity contribution is -0.127. The van der Waals surface area contributed by atoms with E-state index in [2.05, 4.69) is 22.6 Å². The van der Waals surface area contributed by atoms with Gasteiger partial charge in [-0.2, -0.15) is 0 Å². The number of ether oxygens (including phenoxy) is 3. The zero-order valence-electron chi connectivity index (χ0n) is 25.6. The number of amides is 1. The van der Waals surface area contributed by atoms with Crippen molar-refractivity contribution < 1.29 is 19.0 Å². The Labute approximate surface area is 284 Å². The molecule has 11 heteroatoms. The molecule has 0 fully saturated rings. The van der Waals surface area contributed by atoms with Crippen molar-refractivity contribution >= 4 is 57.5 Å². The summed E-state index contributed by atoms with van der Waals surface area (Å²) in [5.74, 6) is 1.55. The van der Waals surface area contributed by atoms with Crippen LogP contribution < -0.4 is 29.1 Å². The van der Waals surface area contributed by atoms with E-state index in [0.29, 0.717) is 61.5 Å². The highest BCUT2D eigenvalue weighted by Crippen LogP contribution is 2.37. The normalized spacial score (nSPS) is 14.6. The van der Waals surface area contributed by atoms with Gasteiger partial charge in [0.2, 0.25) is 0 Å². The number of nitrogens with zero attached hydrogens (tertiary/aromatic N) is 3. The van der Waals surface area contributed by atoms with Gasteiger partial charge in [-0.15, -0.1) is 0 Å². The number of thiazole rings is 1. The molecule has 0 bridgehead atoms. The summed E-state index contributed by atoms with van der Waals surface area (Å²) in [6, 6.07) is 18.1. The topological polar surface area (TPSA) is 82.4 Å². The van der Waals surface area contributed by atoms with Gasteiger partial charge in [-0.1, -0.05) is 59.3 Å². The van der Waals surface area contributed by atoms with E-state index in [-0.39, 0.29) is 18.1 Å². The molecule has 3 aromatic carbocycles. The molecule has 1 aliphatic heterocycles. The predicted molar refractivity (Wildman–Crippen MR) is 186 cm³/mol. The molecule has 0 N–H and O–H groups in total. The minimum Gasteiger partial charge on any atom is -0.496 e. The van der Waals surface area contributed by atoms with Gasteiger partial charge < -0.3 is 19.1 Å². The van der Waals surface area contributed by atoms with E-state index in [1.165, 1.54) is 11.3 Å². The van der Waals surface area contributed by atoms with Crippen LogP contribution in [0, 0.1) is 3.57 Å². The molecule has 2 heterocycles. The summed E-state index contributed by atoms with van der Waals surface area (Å²) in [5.41, 5.74) is 3.12. The summed E-state index contributed by atoms with van der Waals surface area (Å²) >= 11 is 9.80. The van der Waals surface area contributed by atoms with Crippen molar-refractivity contribution in [3.63, 3.8) is 0 Å². The van der Waals surface area contributed by atoms with E-state index >= 15 is 0 Å². The Morgan fingerprint density at radius 3 is 2.44 bits per heavy atom. The maximum Gasteiger partial charge on any atom is 0.271 e. The number of aromatic nitrogens is 1. The molecule has 0 spiro atoms. The van der Waals surface area contributed by atoms with Crippen LogP contribution in [0.1, 0.15) is 43.5 Å². The first-order valence-electron chi connectivity index (χ1n) is 14.4. The van der Waals surface area contributed by atoms with Crippen LogP contribution in [0.15, 0.2) is 81.7 Å². The molecule has 45 heavy (non-hydrogen) atoms. The Balaban J connectivity index is 1.62. The van der Waals surface area contributed by atoms with Crippen LogP contribution in [0.2, 0.25) is 5.02 Å². The lowest BCUT2D eigenvalue weighted by Gasteiger charge is -2.29. The number of methoxy groups -OCH3 is 2. The van der Waals surface area contributed by atoms with E-state index in [1.807, 2.05) is 87.5 Å². The first kappa shape index (κ1) is 32.8. The van der Waals surface area contributed by atoms with Crippen LogP contribution in [0.4, 0.5) is 0 Å². The van der Waals surface area contributed by atoms with E-state index in [4.69, 9.17) is 30.8 Å². The predicted octanol–water partition coefficient (Wildman–Crippen LogP) is 5.96. The molecule has 1 amide bonds. The maximum absolute atomic E-state index is 14.2. The Morgan fingerprint density at radius 2 is 1.76 bits per heavy atom. The second-order valence-electron chi connectivity index (χ2n) is 10.2. The number of carbonyl (C=O) groups excluding carboxylic acids is 1. The standard InChI is InChI=1S/C34H33ClIN3O5S/c1-6-38(7-2)33(41)29-20(3)37-34-39(30(29)23-13-9-11-15-26(23)42-4)32(40)28(45-34)18-21-16-25(36)31(27(17-21)43-5)44-19-22-12-8-10-14-24(22)35/h8-18,30H,6-7,19H2,1-5H3/b28-18+/t30-/m1/s1. The largest absolute Gasteiger partial charge is 0.496 e. The van der Waals surface area contributed by atoms with Gasteiger partial charge in [0.05, 0.1) is 33.6 Å². The quantitative estimate of drug-likeness (QED) is 0.187. The van der Waals surface area contributed by atoms with Crippen LogP contribution in [-0.4, -0.2) is 42.7 Å². The number of hydrogen-bond donors (Lipinski definition) is 0. The third kappa shape index (κ3) is 6.54. The summed E-state index contributed by atoms with van der Waals surface area (Å²) in [5, 5.41) is 0.627. The first-order valence-corrected chi connectivity index (χ1v) is 16.7. The minimum atomic E-state index is -0.706. The number of rotatable bonds is 10. The molecule has 1 aliphatic rings. The molecule has 0 unspecified atom stereocenters. The number of likely N-dealkylation sites (N-methyl/N-ethyl adjacent to an activating group) is 1. The molecule has 0 radical (unpaired) electrons. The Kier molecular flexibility index (Phi) is 10.4. The van der Waals surface area contributed by atoms with Crippen LogP contribution in [0.5, 0.6) is 17.2 Å². The first-order chi connectivity index (χ1) is 21.7. The Morgan fingerprint density at radius 1 is 1.07 bits per heavy atom. The number of carbonyl (C=O) groups is 1. The number of halogens is 2. The second-order valence-corrected chi connectivity index (χ2v) is 12.8. The average molecular weight is 758 g/mol. The zero-order chi connectivity index (χ0) is 32.2. The van der Waals surface area contributed by atoms with Crippen LogP contribution in [-0.2, 0) is 11.4 Å². The van der Waals surface area contributed by atoms with Crippen molar-refractivity contribution in [2.45, 2.75) is 33.4 Å². The summed E-state index contributed by atoms with van der Waals surface area (Å²) in [6.45, 7) is 7.05. The average Bonchev–Trinajstić information content (AvgIpc) is 3.34. The lowest BCUT2D eigenvalue weighted by atomic mass is 9.94. The minimum absolute atomic E-state index is 0.155. The van der Waals surface area contributed by atoms with Crippen molar-refractivity contribution in [3.05, 3.63) is 117 Å². The van der Waals surface area contributed by atoms with Crippen molar-refractivity contribution in [2.24, 2.45) is 4.99 Å². The monoisotopic (exact) mass is 757 g/mol. The van der Waals surface area contributed by atoms with E-state index in [9.17, 15) is 9.59 Å². The third-order valence-electron chi connectivity index (χ3n) is 7.62. The van der Waals surface area contributed by atoms with Crippen molar-refractivity contribution in [2.75, 3.05) is 27.3 Å². The number of benzene rings is 3. The molecule has 0 saturated heterocycles. The maximum atomic E-state index is 14.2. The summed E-state index contributed by atoms with van der Waals surface area (Å²) in [7, 11) is 3.16. The number of fused-ring (bicyclic) bond motifs is 1. The molecular formula is C34H33ClIN3O5S. The molecule has 8 nitrogen and oxygen atoms in total. The van der Waals surface area contributed by atoms with Gasteiger partial charge in [0, 0.05) is 29.2 Å². The van der Waals surface area contributed by atoms with Gasteiger partial charge in [0.25, 0.3) is 11.5 Å². The molecular weight excluding hydrogens is 725 g/mol. The van der Waals surface area contributed by atoms with Crippen LogP contribution in [0.25, 0.3) is 6.08 Å². The molecule has 1 aromatic heterocycles. The number of para-hydroxylation sites is 1. The molecule has 0 saturated carbocycles. The lowest BCUT2D eigenvalue weighted by Crippen LogP contribution is -2.43. The number of allylic oxidation sites excluding steroid dienone is 1. The van der Waals surface area contributed by atoms with Crippen molar-refractivity contribution in [1.82, 2.24) is 9.47 Å². The molecule has 1 atom stereocenters. The van der Waals surface area contributed by atoms with Crippen LogP contribution in [0.3, 0.4) is 0 Å². The fourth-order valence-electron chi connectivity index (χ4n) is 5.34. The molecule has 0 aliphatic carbocycles. The highest BCUT2D eigenvalue weighted by molar-refractivity contribution is 14.1. The Bertz CT molecular complexity index is 1960. The Hall–Kier alpha value is -3.61. The number of hydrogen-bond acceptors (Lipinski definition) is 7. The summed E-state index contributed by atoms with van der Waals surface area (Å²) in [4.78, 5) is 35.1. The van der Waals surface area contributed by atoms with E-state index < -0.39 is 6.04 Å². The molecule has 234 valence electrons. The molecule has 5 rings (SSSR count). The van der Waals surface area contributed by atoms with Gasteiger partial charge in [0.15, 0.2) is 16.3 Å². The summed E-state index contributed by atoms with van der Waals surface area (Å²) < 4.78 is 20.4. The van der Waals surface area contributed by atoms with E-state index in [1.54, 1.807) is 23.7 Å². The highest BCUT2D eigenvalue weighted by Gasteiger charge is 2.35. The zero-order valence-corrected chi connectivity index (χ0v) is 29.3. The van der Waals surface area contributed by atoms with Gasteiger partial charge >= 0.3 is 0 Å². The van der Waals surface area contributed by atoms with Gasteiger partial charge in [-0.05, 0) is 79.3 Å². The highest BCUT2D eigenvalue weighted by atomic mass is 127. The van der Waals surface area contributed by atoms with Gasteiger partial charge in [-0.3, -0.25) is 14.2 Å². The fourth-order valence-corrected chi connectivity index (χ4v) is 7.36. The van der Waals surface area contributed by atoms with Gasteiger partial charge in [-0.25, -0.2) is 4.99 Å². The van der Waals surface area contributed by atoms with Crippen molar-refractivity contribution in [3.8, 4) is 17.2 Å².